The van der Waals surface area contributed by atoms with Crippen LogP contribution in [-0.4, -0.2) is 29.2 Å². The molecule has 0 unspecified atom stereocenters. The Hall–Kier alpha value is -2.74. The van der Waals surface area contributed by atoms with Gasteiger partial charge >= 0.3 is 0 Å². The molecule has 0 radical (unpaired) electrons. The van der Waals surface area contributed by atoms with Crippen LogP contribution in [0.25, 0.3) is 11.0 Å². The van der Waals surface area contributed by atoms with E-state index in [1.165, 1.54) is 23.9 Å². The van der Waals surface area contributed by atoms with Crippen LogP contribution in [0.5, 0.6) is 11.5 Å². The molecule has 0 saturated heterocycles. The maximum atomic E-state index is 12.4. The predicted molar refractivity (Wildman–Crippen MR) is 89.1 cm³/mol. The number of aromatic nitrogens is 3. The van der Waals surface area contributed by atoms with Crippen molar-refractivity contribution in [3.63, 3.8) is 0 Å². The van der Waals surface area contributed by atoms with Crippen molar-refractivity contribution in [3.05, 3.63) is 52.4 Å². The molecule has 0 aliphatic heterocycles. The summed E-state index contributed by atoms with van der Waals surface area (Å²) >= 11 is 0. The Morgan fingerprint density at radius 3 is 2.46 bits per heavy atom. The standard InChI is InChI=1S/C16H15N3O4S/c1-10-4-6-12(7-5-10)23-13-8-11-9-17-16(24(3,21)22)18-14(11)19(2)15(13)20/h4-9H,1-3H3. The van der Waals surface area contributed by atoms with Crippen LogP contribution in [0, 0.1) is 6.92 Å². The van der Waals surface area contributed by atoms with E-state index in [1.54, 1.807) is 12.1 Å². The van der Waals surface area contributed by atoms with E-state index < -0.39 is 15.4 Å². The van der Waals surface area contributed by atoms with E-state index in [4.69, 9.17) is 4.74 Å². The highest BCUT2D eigenvalue weighted by atomic mass is 32.2. The second-order valence-electron chi connectivity index (χ2n) is 5.49. The molecule has 124 valence electrons. The van der Waals surface area contributed by atoms with Crippen LogP contribution >= 0.6 is 0 Å². The SMILES string of the molecule is Cc1ccc(Oc2cc3cnc(S(C)(=O)=O)nc3n(C)c2=O)cc1. The highest BCUT2D eigenvalue weighted by Gasteiger charge is 2.15. The van der Waals surface area contributed by atoms with Crippen LogP contribution in [0.1, 0.15) is 5.56 Å². The molecule has 0 N–H and O–H groups in total. The normalized spacial score (nSPS) is 11.6. The van der Waals surface area contributed by atoms with Gasteiger partial charge in [0.25, 0.3) is 5.56 Å². The predicted octanol–water partition coefficient (Wildman–Crippen LogP) is 1.83. The van der Waals surface area contributed by atoms with Crippen molar-refractivity contribution in [2.75, 3.05) is 6.26 Å². The summed E-state index contributed by atoms with van der Waals surface area (Å²) in [5.74, 6) is 0.648. The fourth-order valence-electron chi connectivity index (χ4n) is 2.19. The van der Waals surface area contributed by atoms with Crippen molar-refractivity contribution >= 4 is 20.9 Å². The van der Waals surface area contributed by atoms with E-state index in [-0.39, 0.29) is 16.6 Å². The highest BCUT2D eigenvalue weighted by molar-refractivity contribution is 7.90. The van der Waals surface area contributed by atoms with Gasteiger partial charge in [-0.2, -0.15) is 4.98 Å². The van der Waals surface area contributed by atoms with Gasteiger partial charge in [-0.25, -0.2) is 13.4 Å². The number of pyridine rings is 1. The molecule has 2 heterocycles. The lowest BCUT2D eigenvalue weighted by Crippen LogP contribution is -2.20. The molecular weight excluding hydrogens is 330 g/mol. The lowest BCUT2D eigenvalue weighted by Gasteiger charge is -2.10. The third kappa shape index (κ3) is 3.00. The van der Waals surface area contributed by atoms with Crippen LogP contribution in [-0.2, 0) is 16.9 Å². The van der Waals surface area contributed by atoms with Gasteiger partial charge in [0.05, 0.1) is 0 Å². The topological polar surface area (TPSA) is 91.2 Å². The molecule has 0 fully saturated rings. The van der Waals surface area contributed by atoms with Gasteiger partial charge in [-0.05, 0) is 25.1 Å². The summed E-state index contributed by atoms with van der Waals surface area (Å²) in [6.07, 6.45) is 2.38. The van der Waals surface area contributed by atoms with Crippen LogP contribution < -0.4 is 10.3 Å². The molecule has 0 aliphatic carbocycles. The molecular formula is C16H15N3O4S. The molecule has 0 saturated carbocycles. The fraction of sp³-hybridized carbons (Fsp3) is 0.188. The second kappa shape index (κ2) is 5.72. The minimum absolute atomic E-state index is 0.115. The first-order valence-corrected chi connectivity index (χ1v) is 8.96. The number of fused-ring (bicyclic) bond motifs is 1. The first-order valence-electron chi connectivity index (χ1n) is 7.07. The zero-order valence-electron chi connectivity index (χ0n) is 13.3. The van der Waals surface area contributed by atoms with Gasteiger partial charge in [-0.1, -0.05) is 17.7 Å². The Kier molecular flexibility index (Phi) is 3.84. The average molecular weight is 345 g/mol. The molecule has 0 aliphatic rings. The molecule has 1 aromatic carbocycles. The van der Waals surface area contributed by atoms with E-state index >= 15 is 0 Å². The summed E-state index contributed by atoms with van der Waals surface area (Å²) in [6, 6.07) is 8.79. The van der Waals surface area contributed by atoms with Crippen LogP contribution in [0.3, 0.4) is 0 Å². The van der Waals surface area contributed by atoms with E-state index in [0.29, 0.717) is 11.1 Å². The number of aryl methyl sites for hydroxylation is 2. The largest absolute Gasteiger partial charge is 0.452 e. The molecule has 2 aromatic heterocycles. The molecule has 0 atom stereocenters. The molecule has 0 amide bonds. The van der Waals surface area contributed by atoms with Crippen molar-refractivity contribution < 1.29 is 13.2 Å². The third-order valence-corrected chi connectivity index (χ3v) is 4.33. The number of sulfone groups is 1. The quantitative estimate of drug-likeness (QED) is 0.673. The summed E-state index contributed by atoms with van der Waals surface area (Å²) < 4.78 is 30.0. The van der Waals surface area contributed by atoms with E-state index in [2.05, 4.69) is 9.97 Å². The van der Waals surface area contributed by atoms with Gasteiger partial charge in [0.15, 0.2) is 5.75 Å². The van der Waals surface area contributed by atoms with E-state index in [9.17, 15) is 13.2 Å². The smallest absolute Gasteiger partial charge is 0.294 e. The van der Waals surface area contributed by atoms with Gasteiger partial charge in [0.1, 0.15) is 11.4 Å². The molecule has 7 nitrogen and oxygen atoms in total. The van der Waals surface area contributed by atoms with E-state index in [0.717, 1.165) is 11.8 Å². The lowest BCUT2D eigenvalue weighted by molar-refractivity contribution is 0.471. The average Bonchev–Trinajstić information content (AvgIpc) is 2.53. The first kappa shape index (κ1) is 16.1. The Balaban J connectivity index is 2.13. The van der Waals surface area contributed by atoms with Gasteiger partial charge in [0.2, 0.25) is 15.0 Å². The molecule has 8 heteroatoms. The van der Waals surface area contributed by atoms with Gasteiger partial charge in [-0.15, -0.1) is 0 Å². The fourth-order valence-corrected chi connectivity index (χ4v) is 2.68. The Bertz CT molecular complexity index is 1090. The number of nitrogens with zero attached hydrogens (tertiary/aromatic N) is 3. The Morgan fingerprint density at radius 2 is 1.83 bits per heavy atom. The van der Waals surface area contributed by atoms with Gasteiger partial charge < -0.3 is 4.74 Å². The lowest BCUT2D eigenvalue weighted by atomic mass is 10.2. The number of hydrogen-bond donors (Lipinski definition) is 0. The summed E-state index contributed by atoms with van der Waals surface area (Å²) in [4.78, 5) is 20.3. The minimum Gasteiger partial charge on any atom is -0.452 e. The second-order valence-corrected chi connectivity index (χ2v) is 7.40. The first-order chi connectivity index (χ1) is 11.3. The van der Waals surface area contributed by atoms with Crippen molar-refractivity contribution in [1.29, 1.82) is 0 Å². The monoisotopic (exact) mass is 345 g/mol. The molecule has 0 spiro atoms. The third-order valence-electron chi connectivity index (χ3n) is 3.47. The van der Waals surface area contributed by atoms with Gasteiger partial charge in [0, 0.05) is 24.9 Å². The van der Waals surface area contributed by atoms with Crippen molar-refractivity contribution in [2.45, 2.75) is 12.1 Å². The summed E-state index contributed by atoms with van der Waals surface area (Å²) in [6.45, 7) is 1.95. The van der Waals surface area contributed by atoms with Crippen LogP contribution in [0.4, 0.5) is 0 Å². The molecule has 0 bridgehead atoms. The van der Waals surface area contributed by atoms with Crippen molar-refractivity contribution in [3.8, 4) is 11.5 Å². The van der Waals surface area contributed by atoms with Crippen molar-refractivity contribution in [1.82, 2.24) is 14.5 Å². The zero-order chi connectivity index (χ0) is 17.5. The molecule has 3 rings (SSSR count). The van der Waals surface area contributed by atoms with E-state index in [1.807, 2.05) is 19.1 Å². The number of rotatable bonds is 3. The summed E-state index contributed by atoms with van der Waals surface area (Å²) in [7, 11) is -2.05. The van der Waals surface area contributed by atoms with Crippen LogP contribution in [0.15, 0.2) is 46.5 Å². The maximum Gasteiger partial charge on any atom is 0.294 e. The number of hydrogen-bond acceptors (Lipinski definition) is 6. The number of benzene rings is 1. The maximum absolute atomic E-state index is 12.4. The highest BCUT2D eigenvalue weighted by Crippen LogP contribution is 2.22. The zero-order valence-corrected chi connectivity index (χ0v) is 14.2. The summed E-state index contributed by atoms with van der Waals surface area (Å²) in [5.41, 5.74) is 0.892. The Labute approximate surface area is 138 Å². The number of ether oxygens (including phenoxy) is 1. The van der Waals surface area contributed by atoms with Crippen molar-refractivity contribution in [2.24, 2.45) is 7.05 Å². The van der Waals surface area contributed by atoms with Crippen LogP contribution in [0.2, 0.25) is 0 Å². The summed E-state index contributed by atoms with van der Waals surface area (Å²) in [5, 5.41) is 0.184. The Morgan fingerprint density at radius 1 is 1.17 bits per heavy atom. The molecule has 3 aromatic rings. The molecule has 24 heavy (non-hydrogen) atoms. The van der Waals surface area contributed by atoms with Gasteiger partial charge in [-0.3, -0.25) is 9.36 Å². The minimum atomic E-state index is -3.56.